The highest BCUT2D eigenvalue weighted by atomic mass is 16.2. The lowest BCUT2D eigenvalue weighted by Crippen LogP contribution is -2.43. The Labute approximate surface area is 117 Å². The lowest BCUT2D eigenvalue weighted by Gasteiger charge is -2.31. The Morgan fingerprint density at radius 2 is 2.00 bits per heavy atom. The van der Waals surface area contributed by atoms with Gasteiger partial charge in [-0.1, -0.05) is 0 Å². The van der Waals surface area contributed by atoms with Crippen LogP contribution in [0.15, 0.2) is 16.9 Å². The lowest BCUT2D eigenvalue weighted by atomic mass is 9.77. The molecule has 3 heterocycles. The van der Waals surface area contributed by atoms with Crippen LogP contribution in [0.1, 0.15) is 26.2 Å². The molecule has 108 valence electrons. The Morgan fingerprint density at radius 1 is 1.30 bits per heavy atom. The van der Waals surface area contributed by atoms with Gasteiger partial charge in [-0.05, 0) is 45.3 Å². The number of amides is 1. The van der Waals surface area contributed by atoms with Crippen LogP contribution in [0.25, 0.3) is 0 Å². The van der Waals surface area contributed by atoms with Crippen LogP contribution in [0.5, 0.6) is 0 Å². The van der Waals surface area contributed by atoms with Crippen molar-refractivity contribution in [1.29, 1.82) is 0 Å². The smallest absolute Gasteiger partial charge is 0.266 e. The van der Waals surface area contributed by atoms with Crippen LogP contribution in [0.3, 0.4) is 0 Å². The van der Waals surface area contributed by atoms with Crippen LogP contribution < -0.4 is 15.8 Å². The van der Waals surface area contributed by atoms with Crippen molar-refractivity contribution in [2.24, 2.45) is 12.5 Å². The van der Waals surface area contributed by atoms with E-state index in [0.717, 1.165) is 32.4 Å². The van der Waals surface area contributed by atoms with Crippen molar-refractivity contribution in [3.63, 3.8) is 0 Å². The zero-order chi connectivity index (χ0) is 14.3. The number of aryl methyl sites for hydroxylation is 1. The summed E-state index contributed by atoms with van der Waals surface area (Å²) in [4.78, 5) is 26.1. The van der Waals surface area contributed by atoms with Crippen LogP contribution in [0, 0.1) is 5.41 Å². The molecule has 1 aromatic rings. The molecule has 3 rings (SSSR count). The first-order chi connectivity index (χ1) is 9.53. The first-order valence-corrected chi connectivity index (χ1v) is 7.12. The Kier molecular flexibility index (Phi) is 3.12. The Hall–Kier alpha value is -1.69. The minimum absolute atomic E-state index is 0.130. The molecule has 0 bridgehead atoms. The molecule has 2 fully saturated rings. The number of piperidine rings is 1. The highest BCUT2D eigenvalue weighted by Crippen LogP contribution is 2.44. The van der Waals surface area contributed by atoms with Crippen molar-refractivity contribution >= 4 is 11.7 Å². The standard InChI is InChI=1S/C14H20N4O2/c1-10-9-14(5-7-15-8-6-14)13(20)18(10)11-3-4-12(19)17(2)16-11/h3-4,10,15H,5-9H2,1-2H3/t10-/m1/s1. The largest absolute Gasteiger partial charge is 0.317 e. The summed E-state index contributed by atoms with van der Waals surface area (Å²) >= 11 is 0. The third-order valence-electron chi connectivity index (χ3n) is 4.55. The molecule has 1 spiro atoms. The fourth-order valence-electron chi connectivity index (χ4n) is 3.47. The van der Waals surface area contributed by atoms with Gasteiger partial charge in [0, 0.05) is 19.2 Å². The van der Waals surface area contributed by atoms with Gasteiger partial charge in [0.25, 0.3) is 5.56 Å². The molecule has 1 aromatic heterocycles. The normalized spacial score (nSPS) is 25.4. The molecule has 0 radical (unpaired) electrons. The van der Waals surface area contributed by atoms with E-state index in [1.807, 2.05) is 0 Å². The van der Waals surface area contributed by atoms with Gasteiger partial charge >= 0.3 is 0 Å². The maximum Gasteiger partial charge on any atom is 0.266 e. The van der Waals surface area contributed by atoms with E-state index >= 15 is 0 Å². The molecule has 0 saturated carbocycles. The summed E-state index contributed by atoms with van der Waals surface area (Å²) in [5, 5.41) is 7.54. The summed E-state index contributed by atoms with van der Waals surface area (Å²) in [5.41, 5.74) is -0.397. The van der Waals surface area contributed by atoms with Crippen molar-refractivity contribution in [1.82, 2.24) is 15.1 Å². The zero-order valence-electron chi connectivity index (χ0n) is 11.9. The number of nitrogens with zero attached hydrogens (tertiary/aromatic N) is 3. The average Bonchev–Trinajstić information content (AvgIpc) is 2.66. The third-order valence-corrected chi connectivity index (χ3v) is 4.55. The molecule has 0 aliphatic carbocycles. The van der Waals surface area contributed by atoms with Gasteiger partial charge in [-0.3, -0.25) is 14.5 Å². The van der Waals surface area contributed by atoms with Crippen LogP contribution in [0.4, 0.5) is 5.82 Å². The van der Waals surface area contributed by atoms with Gasteiger partial charge in [-0.2, -0.15) is 5.10 Å². The molecule has 1 N–H and O–H groups in total. The molecule has 6 heteroatoms. The summed E-state index contributed by atoms with van der Waals surface area (Å²) < 4.78 is 1.28. The highest BCUT2D eigenvalue weighted by molar-refractivity contribution is 5.99. The van der Waals surface area contributed by atoms with Gasteiger partial charge in [0.05, 0.1) is 5.41 Å². The first kappa shape index (κ1) is 13.3. The van der Waals surface area contributed by atoms with Crippen molar-refractivity contribution in [2.45, 2.75) is 32.2 Å². The van der Waals surface area contributed by atoms with Crippen LogP contribution in [-0.4, -0.2) is 34.8 Å². The molecule has 1 amide bonds. The molecule has 6 nitrogen and oxygen atoms in total. The van der Waals surface area contributed by atoms with Crippen LogP contribution >= 0.6 is 0 Å². The summed E-state index contributed by atoms with van der Waals surface area (Å²) in [6.07, 6.45) is 2.65. The van der Waals surface area contributed by atoms with Gasteiger partial charge in [0.2, 0.25) is 5.91 Å². The number of hydrogen-bond acceptors (Lipinski definition) is 4. The number of rotatable bonds is 1. The van der Waals surface area contributed by atoms with Crippen LogP contribution in [0.2, 0.25) is 0 Å². The number of anilines is 1. The summed E-state index contributed by atoms with van der Waals surface area (Å²) in [6, 6.07) is 3.25. The topological polar surface area (TPSA) is 67.2 Å². The van der Waals surface area contributed by atoms with Gasteiger partial charge in [-0.25, -0.2) is 4.68 Å². The van der Waals surface area contributed by atoms with Crippen molar-refractivity contribution in [3.05, 3.63) is 22.5 Å². The Morgan fingerprint density at radius 3 is 2.65 bits per heavy atom. The molecule has 2 aliphatic rings. The fraction of sp³-hybridized carbons (Fsp3) is 0.643. The van der Waals surface area contributed by atoms with Crippen LogP contribution in [-0.2, 0) is 11.8 Å². The molecule has 0 aromatic carbocycles. The maximum absolute atomic E-state index is 12.9. The molecule has 20 heavy (non-hydrogen) atoms. The lowest BCUT2D eigenvalue weighted by molar-refractivity contribution is -0.126. The van der Waals surface area contributed by atoms with Gasteiger partial charge in [0.15, 0.2) is 5.82 Å². The third kappa shape index (κ3) is 1.95. The molecular weight excluding hydrogens is 256 g/mol. The van der Waals surface area contributed by atoms with Crippen molar-refractivity contribution in [2.75, 3.05) is 18.0 Å². The monoisotopic (exact) mass is 276 g/mol. The van der Waals surface area contributed by atoms with E-state index in [0.29, 0.717) is 5.82 Å². The minimum Gasteiger partial charge on any atom is -0.317 e. The molecule has 0 unspecified atom stereocenters. The zero-order valence-corrected chi connectivity index (χ0v) is 11.9. The molecule has 2 aliphatic heterocycles. The molecule has 1 atom stereocenters. The predicted molar refractivity (Wildman–Crippen MR) is 75.6 cm³/mol. The fourth-order valence-corrected chi connectivity index (χ4v) is 3.47. The minimum atomic E-state index is -0.235. The van der Waals surface area contributed by atoms with Gasteiger partial charge < -0.3 is 5.32 Å². The number of carbonyl (C=O) groups excluding carboxylic acids is 1. The summed E-state index contributed by atoms with van der Waals surface area (Å²) in [6.45, 7) is 3.85. The number of nitrogens with one attached hydrogen (secondary N) is 1. The quantitative estimate of drug-likeness (QED) is 0.800. The molecule has 2 saturated heterocycles. The second-order valence-corrected chi connectivity index (χ2v) is 5.91. The van der Waals surface area contributed by atoms with Crippen molar-refractivity contribution < 1.29 is 4.79 Å². The average molecular weight is 276 g/mol. The first-order valence-electron chi connectivity index (χ1n) is 7.12. The van der Waals surface area contributed by atoms with E-state index in [2.05, 4.69) is 17.3 Å². The van der Waals surface area contributed by atoms with E-state index < -0.39 is 0 Å². The van der Waals surface area contributed by atoms with E-state index in [-0.39, 0.29) is 22.9 Å². The van der Waals surface area contributed by atoms with Crippen molar-refractivity contribution in [3.8, 4) is 0 Å². The number of hydrogen-bond donors (Lipinski definition) is 1. The van der Waals surface area contributed by atoms with E-state index in [1.54, 1.807) is 18.0 Å². The maximum atomic E-state index is 12.9. The number of carbonyl (C=O) groups is 1. The summed E-state index contributed by atoms with van der Waals surface area (Å²) in [5.74, 6) is 0.748. The van der Waals surface area contributed by atoms with Gasteiger partial charge in [-0.15, -0.1) is 0 Å². The summed E-state index contributed by atoms with van der Waals surface area (Å²) in [7, 11) is 1.61. The predicted octanol–water partition coefficient (Wildman–Crippen LogP) is 0.275. The highest BCUT2D eigenvalue weighted by Gasteiger charge is 2.51. The Balaban J connectivity index is 1.95. The van der Waals surface area contributed by atoms with E-state index in [4.69, 9.17) is 0 Å². The van der Waals surface area contributed by atoms with E-state index in [1.165, 1.54) is 10.7 Å². The molecular formula is C14H20N4O2. The van der Waals surface area contributed by atoms with E-state index in [9.17, 15) is 9.59 Å². The second kappa shape index (κ2) is 4.70. The van der Waals surface area contributed by atoms with Gasteiger partial charge in [0.1, 0.15) is 0 Å². The SMILES string of the molecule is C[C@@H]1CC2(CCNCC2)C(=O)N1c1ccc(=O)n(C)n1. The Bertz CT molecular complexity index is 589. The number of aromatic nitrogens is 2. The second-order valence-electron chi connectivity index (χ2n) is 5.91.